The van der Waals surface area contributed by atoms with Crippen molar-refractivity contribution in [2.75, 3.05) is 0 Å². The van der Waals surface area contributed by atoms with E-state index in [1.165, 1.54) is 11.3 Å². The SMILES string of the molecule is N#Cc1ccc(Cn2ccc(C(N)=O)n2)s1. The van der Waals surface area contributed by atoms with Crippen LogP contribution in [0.2, 0.25) is 0 Å². The minimum absolute atomic E-state index is 0.247. The number of primary amides is 1. The fourth-order valence-electron chi connectivity index (χ4n) is 1.26. The second kappa shape index (κ2) is 4.16. The number of carbonyl (C=O) groups is 1. The molecule has 0 spiro atoms. The summed E-state index contributed by atoms with van der Waals surface area (Å²) in [5.41, 5.74) is 5.34. The first-order valence-corrected chi connectivity index (χ1v) is 5.33. The number of carbonyl (C=O) groups excluding carboxylic acids is 1. The quantitative estimate of drug-likeness (QED) is 0.855. The maximum absolute atomic E-state index is 10.8. The largest absolute Gasteiger partial charge is 0.364 e. The van der Waals surface area contributed by atoms with Crippen molar-refractivity contribution in [1.82, 2.24) is 9.78 Å². The topological polar surface area (TPSA) is 84.7 Å². The van der Waals surface area contributed by atoms with Gasteiger partial charge in [0, 0.05) is 11.1 Å². The molecule has 0 aliphatic carbocycles. The number of nitrogens with two attached hydrogens (primary N) is 1. The molecule has 0 unspecified atom stereocenters. The van der Waals surface area contributed by atoms with Gasteiger partial charge >= 0.3 is 0 Å². The highest BCUT2D eigenvalue weighted by molar-refractivity contribution is 7.12. The zero-order chi connectivity index (χ0) is 11.5. The first kappa shape index (κ1) is 10.4. The maximum Gasteiger partial charge on any atom is 0.269 e. The van der Waals surface area contributed by atoms with Crippen molar-refractivity contribution in [2.24, 2.45) is 5.73 Å². The summed E-state index contributed by atoms with van der Waals surface area (Å²) < 4.78 is 1.62. The molecular weight excluding hydrogens is 224 g/mol. The summed E-state index contributed by atoms with van der Waals surface area (Å²) in [6.07, 6.45) is 1.69. The van der Waals surface area contributed by atoms with Crippen molar-refractivity contribution in [1.29, 1.82) is 5.26 Å². The maximum atomic E-state index is 10.8. The van der Waals surface area contributed by atoms with Crippen LogP contribution in [-0.4, -0.2) is 15.7 Å². The Labute approximate surface area is 95.7 Å². The van der Waals surface area contributed by atoms with E-state index in [9.17, 15) is 4.79 Å². The van der Waals surface area contributed by atoms with Crippen LogP contribution < -0.4 is 5.73 Å². The number of amides is 1. The highest BCUT2D eigenvalue weighted by Crippen LogP contribution is 2.16. The van der Waals surface area contributed by atoms with Gasteiger partial charge in [-0.3, -0.25) is 9.48 Å². The zero-order valence-corrected chi connectivity index (χ0v) is 9.07. The lowest BCUT2D eigenvalue weighted by molar-refractivity contribution is 0.0995. The molecule has 0 aliphatic heterocycles. The van der Waals surface area contributed by atoms with Gasteiger partial charge in [0.2, 0.25) is 0 Å². The molecule has 0 fully saturated rings. The van der Waals surface area contributed by atoms with Crippen LogP contribution in [-0.2, 0) is 6.54 Å². The van der Waals surface area contributed by atoms with E-state index < -0.39 is 5.91 Å². The fourth-order valence-corrected chi connectivity index (χ4v) is 2.06. The van der Waals surface area contributed by atoms with E-state index in [1.807, 2.05) is 6.07 Å². The average molecular weight is 232 g/mol. The highest BCUT2D eigenvalue weighted by Gasteiger charge is 2.06. The van der Waals surface area contributed by atoms with Crippen molar-refractivity contribution >= 4 is 17.2 Å². The lowest BCUT2D eigenvalue weighted by Crippen LogP contribution is -2.12. The number of rotatable bonds is 3. The van der Waals surface area contributed by atoms with Crippen LogP contribution in [0.5, 0.6) is 0 Å². The van der Waals surface area contributed by atoms with Gasteiger partial charge in [-0.1, -0.05) is 0 Å². The molecule has 0 aliphatic rings. The Morgan fingerprint density at radius 2 is 2.38 bits per heavy atom. The van der Waals surface area contributed by atoms with Crippen LogP contribution >= 0.6 is 11.3 Å². The predicted octanol–water partition coefficient (Wildman–Crippen LogP) is 0.963. The lowest BCUT2D eigenvalue weighted by atomic mass is 10.4. The zero-order valence-electron chi connectivity index (χ0n) is 8.25. The van der Waals surface area contributed by atoms with Crippen LogP contribution in [0, 0.1) is 11.3 Å². The fraction of sp³-hybridized carbons (Fsp3) is 0.100. The van der Waals surface area contributed by atoms with Crippen molar-refractivity contribution in [3.63, 3.8) is 0 Å². The first-order chi connectivity index (χ1) is 7.69. The summed E-state index contributed by atoms with van der Waals surface area (Å²) in [7, 11) is 0. The molecule has 0 saturated carbocycles. The molecule has 0 aromatic carbocycles. The molecule has 2 aromatic rings. The second-order valence-electron chi connectivity index (χ2n) is 3.14. The van der Waals surface area contributed by atoms with E-state index in [-0.39, 0.29) is 5.69 Å². The average Bonchev–Trinajstić information content (AvgIpc) is 2.87. The van der Waals surface area contributed by atoms with Gasteiger partial charge in [-0.15, -0.1) is 11.3 Å². The van der Waals surface area contributed by atoms with E-state index in [1.54, 1.807) is 23.0 Å². The van der Waals surface area contributed by atoms with Crippen molar-refractivity contribution in [3.05, 3.63) is 39.8 Å². The van der Waals surface area contributed by atoms with E-state index in [0.29, 0.717) is 11.4 Å². The standard InChI is InChI=1S/C10H8N4OS/c11-5-7-1-2-8(16-7)6-14-4-3-9(13-14)10(12)15/h1-4H,6H2,(H2,12,15). The minimum atomic E-state index is -0.539. The third kappa shape index (κ3) is 2.10. The summed E-state index contributed by atoms with van der Waals surface area (Å²) in [6, 6.07) is 7.27. The molecule has 0 bridgehead atoms. The van der Waals surface area contributed by atoms with Gasteiger partial charge in [-0.05, 0) is 18.2 Å². The van der Waals surface area contributed by atoms with Crippen molar-refractivity contribution < 1.29 is 4.79 Å². The Morgan fingerprint density at radius 1 is 1.56 bits per heavy atom. The Morgan fingerprint density at radius 3 is 2.94 bits per heavy atom. The summed E-state index contributed by atoms with van der Waals surface area (Å²) in [6.45, 7) is 0.541. The van der Waals surface area contributed by atoms with Gasteiger partial charge in [0.15, 0.2) is 0 Å². The van der Waals surface area contributed by atoms with Gasteiger partial charge in [0.05, 0.1) is 6.54 Å². The number of hydrogen-bond acceptors (Lipinski definition) is 4. The number of nitrogens with zero attached hydrogens (tertiary/aromatic N) is 3. The van der Waals surface area contributed by atoms with Crippen LogP contribution in [0.3, 0.4) is 0 Å². The Kier molecular flexibility index (Phi) is 2.70. The Balaban J connectivity index is 2.14. The van der Waals surface area contributed by atoms with E-state index >= 15 is 0 Å². The number of aromatic nitrogens is 2. The molecule has 16 heavy (non-hydrogen) atoms. The number of thiophene rings is 1. The molecular formula is C10H8N4OS. The van der Waals surface area contributed by atoms with Crippen LogP contribution in [0.25, 0.3) is 0 Å². The van der Waals surface area contributed by atoms with Crippen molar-refractivity contribution in [3.8, 4) is 6.07 Å². The predicted molar refractivity (Wildman–Crippen MR) is 58.9 cm³/mol. The molecule has 2 heterocycles. The van der Waals surface area contributed by atoms with Gasteiger partial charge < -0.3 is 5.73 Å². The molecule has 80 valence electrons. The molecule has 2 rings (SSSR count). The number of nitriles is 1. The molecule has 5 nitrogen and oxygen atoms in total. The Hall–Kier alpha value is -2.13. The molecule has 2 aromatic heterocycles. The van der Waals surface area contributed by atoms with Gasteiger partial charge in [0.1, 0.15) is 16.6 Å². The van der Waals surface area contributed by atoms with E-state index in [0.717, 1.165) is 4.88 Å². The summed E-state index contributed by atoms with van der Waals surface area (Å²) in [4.78, 5) is 12.5. The molecule has 2 N–H and O–H groups in total. The van der Waals surface area contributed by atoms with Gasteiger partial charge in [0.25, 0.3) is 5.91 Å². The first-order valence-electron chi connectivity index (χ1n) is 4.51. The summed E-state index contributed by atoms with van der Waals surface area (Å²) >= 11 is 1.41. The molecule has 0 saturated heterocycles. The second-order valence-corrected chi connectivity index (χ2v) is 4.31. The highest BCUT2D eigenvalue weighted by atomic mass is 32.1. The third-order valence-electron chi connectivity index (χ3n) is 1.98. The smallest absolute Gasteiger partial charge is 0.269 e. The van der Waals surface area contributed by atoms with E-state index in [4.69, 9.17) is 11.0 Å². The third-order valence-corrected chi connectivity index (χ3v) is 2.96. The molecule has 0 radical (unpaired) electrons. The molecule has 1 amide bonds. The Bertz CT molecular complexity index is 563. The normalized spacial score (nSPS) is 9.94. The minimum Gasteiger partial charge on any atom is -0.364 e. The lowest BCUT2D eigenvalue weighted by Gasteiger charge is -1.96. The summed E-state index contributed by atoms with van der Waals surface area (Å²) in [5.74, 6) is -0.539. The van der Waals surface area contributed by atoms with Gasteiger partial charge in [-0.2, -0.15) is 10.4 Å². The monoisotopic (exact) mass is 232 g/mol. The van der Waals surface area contributed by atoms with Crippen LogP contribution in [0.1, 0.15) is 20.2 Å². The van der Waals surface area contributed by atoms with E-state index in [2.05, 4.69) is 11.2 Å². The van der Waals surface area contributed by atoms with Crippen molar-refractivity contribution in [2.45, 2.75) is 6.54 Å². The van der Waals surface area contributed by atoms with Crippen LogP contribution in [0.4, 0.5) is 0 Å². The van der Waals surface area contributed by atoms with Crippen LogP contribution in [0.15, 0.2) is 24.4 Å². The van der Waals surface area contributed by atoms with Gasteiger partial charge in [-0.25, -0.2) is 0 Å². The molecule has 6 heteroatoms. The molecule has 0 atom stereocenters. The summed E-state index contributed by atoms with van der Waals surface area (Å²) in [5, 5.41) is 12.7. The number of hydrogen-bond donors (Lipinski definition) is 1.